The number of carbonyl (C=O) groups excluding carboxylic acids is 2. The first-order valence-corrected chi connectivity index (χ1v) is 9.40. The quantitative estimate of drug-likeness (QED) is 0.495. The largest absolute Gasteiger partial charge is 0.418 e. The summed E-state index contributed by atoms with van der Waals surface area (Å²) in [6.07, 6.45) is -4.65. The fraction of sp³-hybridized carbons (Fsp3) is 0.130. The molecule has 0 aliphatic carbocycles. The molecule has 0 saturated heterocycles. The lowest BCUT2D eigenvalue weighted by Gasteiger charge is -2.16. The van der Waals surface area contributed by atoms with E-state index in [1.54, 1.807) is 12.1 Å². The topological polar surface area (TPSA) is 70.2 Å². The first kappa shape index (κ1) is 21.9. The molecule has 0 radical (unpaired) electrons. The van der Waals surface area contributed by atoms with E-state index in [1.165, 1.54) is 19.1 Å². The van der Waals surface area contributed by atoms with Crippen LogP contribution in [0.5, 0.6) is 0 Å². The summed E-state index contributed by atoms with van der Waals surface area (Å²) in [5, 5.41) is 7.47. The molecule has 3 aromatic rings. The highest BCUT2D eigenvalue weighted by molar-refractivity contribution is 5.94. The van der Waals surface area contributed by atoms with Crippen LogP contribution in [-0.4, -0.2) is 18.4 Å². The van der Waals surface area contributed by atoms with Crippen LogP contribution >= 0.6 is 0 Å². The van der Waals surface area contributed by atoms with Crippen molar-refractivity contribution in [2.24, 2.45) is 0 Å². The zero-order valence-corrected chi connectivity index (χ0v) is 16.6. The molecule has 0 aliphatic rings. The van der Waals surface area contributed by atoms with E-state index in [9.17, 15) is 22.8 Å². The standard InChI is InChI=1S/C23H20F3N3O2/c1-15(30)28-19-11-12-21(20(13-19)23(24,25)26)27-14-22(31)29-18-9-7-17(8-10-18)16-5-3-2-4-6-16/h2-13,27H,14H2,1H3,(H,28,30)(H,29,31). The Morgan fingerprint density at radius 2 is 1.42 bits per heavy atom. The maximum absolute atomic E-state index is 13.4. The third-order valence-electron chi connectivity index (χ3n) is 4.36. The molecule has 2 amide bonds. The fourth-order valence-electron chi connectivity index (χ4n) is 2.97. The Kier molecular flexibility index (Phi) is 6.59. The van der Waals surface area contributed by atoms with Gasteiger partial charge in [0.2, 0.25) is 11.8 Å². The predicted octanol–water partition coefficient (Wildman–Crippen LogP) is 5.38. The molecule has 3 N–H and O–H groups in total. The average molecular weight is 427 g/mol. The number of halogens is 3. The van der Waals surface area contributed by atoms with Gasteiger partial charge in [0.05, 0.1) is 12.1 Å². The van der Waals surface area contributed by atoms with Gasteiger partial charge >= 0.3 is 6.18 Å². The van der Waals surface area contributed by atoms with Gasteiger partial charge in [-0.25, -0.2) is 0 Å². The van der Waals surface area contributed by atoms with Crippen LogP contribution in [0.2, 0.25) is 0 Å². The highest BCUT2D eigenvalue weighted by Crippen LogP contribution is 2.36. The van der Waals surface area contributed by atoms with E-state index < -0.39 is 23.6 Å². The Morgan fingerprint density at radius 3 is 2.03 bits per heavy atom. The Morgan fingerprint density at radius 1 is 0.806 bits per heavy atom. The van der Waals surface area contributed by atoms with Crippen LogP contribution in [0.3, 0.4) is 0 Å². The Labute approximate surface area is 177 Å². The van der Waals surface area contributed by atoms with Gasteiger partial charge in [-0.15, -0.1) is 0 Å². The first-order chi connectivity index (χ1) is 14.7. The molecule has 160 valence electrons. The Bertz CT molecular complexity index is 1070. The molecule has 0 fully saturated rings. The number of alkyl halides is 3. The monoisotopic (exact) mass is 427 g/mol. The van der Waals surface area contributed by atoms with E-state index in [-0.39, 0.29) is 17.9 Å². The van der Waals surface area contributed by atoms with Crippen molar-refractivity contribution in [1.82, 2.24) is 0 Å². The van der Waals surface area contributed by atoms with Crippen LogP contribution in [0.25, 0.3) is 11.1 Å². The van der Waals surface area contributed by atoms with Gasteiger partial charge < -0.3 is 16.0 Å². The molecule has 31 heavy (non-hydrogen) atoms. The predicted molar refractivity (Wildman–Crippen MR) is 115 cm³/mol. The summed E-state index contributed by atoms with van der Waals surface area (Å²) in [6.45, 7) is 0.846. The van der Waals surface area contributed by atoms with Crippen molar-refractivity contribution in [1.29, 1.82) is 0 Å². The van der Waals surface area contributed by atoms with E-state index in [4.69, 9.17) is 0 Å². The van der Waals surface area contributed by atoms with Crippen LogP contribution in [0.4, 0.5) is 30.2 Å². The third-order valence-corrected chi connectivity index (χ3v) is 4.36. The summed E-state index contributed by atoms with van der Waals surface area (Å²) in [5.41, 5.74) is 1.34. The van der Waals surface area contributed by atoms with Crippen molar-refractivity contribution in [3.05, 3.63) is 78.4 Å². The Hall–Kier alpha value is -3.81. The van der Waals surface area contributed by atoms with Crippen molar-refractivity contribution in [2.45, 2.75) is 13.1 Å². The number of anilines is 3. The maximum atomic E-state index is 13.4. The molecule has 0 unspecified atom stereocenters. The molecular weight excluding hydrogens is 407 g/mol. The molecule has 0 saturated carbocycles. The van der Waals surface area contributed by atoms with Crippen LogP contribution in [-0.2, 0) is 15.8 Å². The summed E-state index contributed by atoms with van der Waals surface area (Å²) in [7, 11) is 0. The van der Waals surface area contributed by atoms with E-state index in [0.29, 0.717) is 5.69 Å². The molecule has 3 rings (SSSR count). The molecule has 0 bridgehead atoms. The number of carbonyl (C=O) groups is 2. The van der Waals surface area contributed by atoms with E-state index >= 15 is 0 Å². The average Bonchev–Trinajstić information content (AvgIpc) is 2.73. The third kappa shape index (κ3) is 6.08. The fourth-order valence-corrected chi connectivity index (χ4v) is 2.97. The van der Waals surface area contributed by atoms with Gasteiger partial charge in [-0.1, -0.05) is 42.5 Å². The number of benzene rings is 3. The summed E-state index contributed by atoms with van der Waals surface area (Å²) in [6, 6.07) is 20.2. The van der Waals surface area contributed by atoms with Gasteiger partial charge in [0, 0.05) is 24.0 Å². The number of hydrogen-bond acceptors (Lipinski definition) is 3. The van der Waals surface area contributed by atoms with Crippen LogP contribution < -0.4 is 16.0 Å². The minimum atomic E-state index is -4.65. The lowest BCUT2D eigenvalue weighted by molar-refractivity contribution is -0.137. The van der Waals surface area contributed by atoms with Crippen molar-refractivity contribution >= 4 is 28.9 Å². The van der Waals surface area contributed by atoms with Gasteiger partial charge in [-0.2, -0.15) is 13.2 Å². The Balaban J connectivity index is 1.64. The molecule has 0 aromatic heterocycles. The number of rotatable bonds is 6. The van der Waals surface area contributed by atoms with Crippen LogP contribution in [0.15, 0.2) is 72.8 Å². The van der Waals surface area contributed by atoms with Crippen molar-refractivity contribution in [3.8, 4) is 11.1 Å². The smallest absolute Gasteiger partial charge is 0.376 e. The van der Waals surface area contributed by atoms with Gasteiger partial charge in [-0.3, -0.25) is 9.59 Å². The molecular formula is C23H20F3N3O2. The summed E-state index contributed by atoms with van der Waals surface area (Å²) in [5.74, 6) is -0.974. The van der Waals surface area contributed by atoms with E-state index in [2.05, 4.69) is 16.0 Å². The number of nitrogens with one attached hydrogen (secondary N) is 3. The zero-order chi connectivity index (χ0) is 22.4. The SMILES string of the molecule is CC(=O)Nc1ccc(NCC(=O)Nc2ccc(-c3ccccc3)cc2)c(C(F)(F)F)c1. The molecule has 8 heteroatoms. The molecule has 0 aliphatic heterocycles. The van der Waals surface area contributed by atoms with Crippen molar-refractivity contribution in [3.63, 3.8) is 0 Å². The van der Waals surface area contributed by atoms with E-state index in [1.807, 2.05) is 42.5 Å². The molecule has 0 atom stereocenters. The molecule has 0 spiro atoms. The summed E-state index contributed by atoms with van der Waals surface area (Å²) < 4.78 is 40.1. The summed E-state index contributed by atoms with van der Waals surface area (Å²) in [4.78, 5) is 23.3. The zero-order valence-electron chi connectivity index (χ0n) is 16.6. The van der Waals surface area contributed by atoms with Gasteiger partial charge in [0.25, 0.3) is 0 Å². The van der Waals surface area contributed by atoms with Gasteiger partial charge in [0.1, 0.15) is 0 Å². The maximum Gasteiger partial charge on any atom is 0.418 e. The highest BCUT2D eigenvalue weighted by Gasteiger charge is 2.34. The normalized spacial score (nSPS) is 11.0. The minimum Gasteiger partial charge on any atom is -0.376 e. The van der Waals surface area contributed by atoms with Crippen molar-refractivity contribution in [2.75, 3.05) is 22.5 Å². The lowest BCUT2D eigenvalue weighted by atomic mass is 10.1. The molecule has 5 nitrogen and oxygen atoms in total. The molecule has 0 heterocycles. The lowest BCUT2D eigenvalue weighted by Crippen LogP contribution is -2.23. The van der Waals surface area contributed by atoms with Crippen molar-refractivity contribution < 1.29 is 22.8 Å². The van der Waals surface area contributed by atoms with Crippen LogP contribution in [0, 0.1) is 0 Å². The second kappa shape index (κ2) is 9.34. The van der Waals surface area contributed by atoms with E-state index in [0.717, 1.165) is 17.2 Å². The first-order valence-electron chi connectivity index (χ1n) is 9.40. The summed E-state index contributed by atoms with van der Waals surface area (Å²) >= 11 is 0. The van der Waals surface area contributed by atoms with Crippen LogP contribution in [0.1, 0.15) is 12.5 Å². The highest BCUT2D eigenvalue weighted by atomic mass is 19.4. The second-order valence-corrected chi connectivity index (χ2v) is 6.78. The number of hydrogen-bond donors (Lipinski definition) is 3. The second-order valence-electron chi connectivity index (χ2n) is 6.78. The minimum absolute atomic E-state index is 0.0216. The molecule has 3 aromatic carbocycles. The van der Waals surface area contributed by atoms with Gasteiger partial charge in [-0.05, 0) is 41.5 Å². The van der Waals surface area contributed by atoms with Gasteiger partial charge in [0.15, 0.2) is 0 Å². The number of amides is 2.